The first-order chi connectivity index (χ1) is 8.12. The summed E-state index contributed by atoms with van der Waals surface area (Å²) >= 11 is 0. The van der Waals surface area contributed by atoms with Gasteiger partial charge in [0.2, 0.25) is 5.91 Å². The van der Waals surface area contributed by atoms with E-state index in [4.69, 9.17) is 0 Å². The molecule has 1 heterocycles. The first-order valence-electron chi connectivity index (χ1n) is 5.92. The SMILES string of the molecule is CC(=O)Nc1ccccc1C1(O)CCCNC1. The topological polar surface area (TPSA) is 61.4 Å². The molecule has 1 aromatic rings. The van der Waals surface area contributed by atoms with Gasteiger partial charge in [-0.05, 0) is 25.5 Å². The summed E-state index contributed by atoms with van der Waals surface area (Å²) in [6.45, 7) is 2.94. The molecular formula is C13H18N2O2. The van der Waals surface area contributed by atoms with E-state index >= 15 is 0 Å². The van der Waals surface area contributed by atoms with E-state index < -0.39 is 5.60 Å². The summed E-state index contributed by atoms with van der Waals surface area (Å²) in [5, 5.41) is 16.6. The molecule has 1 unspecified atom stereocenters. The maximum Gasteiger partial charge on any atom is 0.221 e. The fourth-order valence-corrected chi connectivity index (χ4v) is 2.31. The van der Waals surface area contributed by atoms with Gasteiger partial charge in [0.1, 0.15) is 5.60 Å². The molecule has 0 radical (unpaired) electrons. The number of rotatable bonds is 2. The van der Waals surface area contributed by atoms with E-state index in [2.05, 4.69) is 10.6 Å². The highest BCUT2D eigenvalue weighted by atomic mass is 16.3. The normalized spacial score (nSPS) is 24.4. The molecule has 1 amide bonds. The molecule has 0 saturated carbocycles. The maximum absolute atomic E-state index is 11.1. The van der Waals surface area contributed by atoms with Crippen LogP contribution in [0.15, 0.2) is 24.3 Å². The summed E-state index contributed by atoms with van der Waals surface area (Å²) in [7, 11) is 0. The number of carbonyl (C=O) groups excluding carboxylic acids is 1. The van der Waals surface area contributed by atoms with E-state index in [1.807, 2.05) is 24.3 Å². The number of carbonyl (C=O) groups is 1. The molecule has 4 nitrogen and oxygen atoms in total. The average Bonchev–Trinajstić information content (AvgIpc) is 2.30. The van der Waals surface area contributed by atoms with Crippen molar-refractivity contribution < 1.29 is 9.90 Å². The lowest BCUT2D eigenvalue weighted by molar-refractivity contribution is -0.114. The minimum atomic E-state index is -0.878. The fraction of sp³-hybridized carbons (Fsp3) is 0.462. The van der Waals surface area contributed by atoms with Crippen molar-refractivity contribution in [2.45, 2.75) is 25.4 Å². The standard InChI is InChI=1S/C13H18N2O2/c1-10(16)15-12-6-3-2-5-11(12)13(17)7-4-8-14-9-13/h2-3,5-6,14,17H,4,7-9H2,1H3,(H,15,16). The highest BCUT2D eigenvalue weighted by molar-refractivity contribution is 5.89. The number of β-amino-alcohol motifs (C(OH)–C–C–N with tert-alkyl or cyclic N) is 1. The smallest absolute Gasteiger partial charge is 0.221 e. The molecule has 3 N–H and O–H groups in total. The molecule has 1 fully saturated rings. The Bertz CT molecular complexity index is 412. The molecule has 1 aromatic carbocycles. The van der Waals surface area contributed by atoms with E-state index in [-0.39, 0.29) is 5.91 Å². The van der Waals surface area contributed by atoms with Crippen LogP contribution in [-0.2, 0) is 10.4 Å². The third kappa shape index (κ3) is 2.65. The number of benzene rings is 1. The lowest BCUT2D eigenvalue weighted by Gasteiger charge is -2.34. The highest BCUT2D eigenvalue weighted by Crippen LogP contribution is 2.33. The Hall–Kier alpha value is -1.39. The van der Waals surface area contributed by atoms with E-state index in [0.29, 0.717) is 12.2 Å². The van der Waals surface area contributed by atoms with Crippen LogP contribution in [0.1, 0.15) is 25.3 Å². The number of para-hydroxylation sites is 1. The van der Waals surface area contributed by atoms with Crippen LogP contribution in [0.4, 0.5) is 5.69 Å². The van der Waals surface area contributed by atoms with Crippen LogP contribution in [-0.4, -0.2) is 24.1 Å². The number of hydrogen-bond donors (Lipinski definition) is 3. The van der Waals surface area contributed by atoms with Crippen molar-refractivity contribution >= 4 is 11.6 Å². The van der Waals surface area contributed by atoms with Gasteiger partial charge >= 0.3 is 0 Å². The first-order valence-corrected chi connectivity index (χ1v) is 5.92. The van der Waals surface area contributed by atoms with Crippen LogP contribution < -0.4 is 10.6 Å². The van der Waals surface area contributed by atoms with Crippen molar-refractivity contribution in [3.8, 4) is 0 Å². The summed E-state index contributed by atoms with van der Waals surface area (Å²) < 4.78 is 0. The van der Waals surface area contributed by atoms with Crippen LogP contribution in [0.25, 0.3) is 0 Å². The number of anilines is 1. The third-order valence-corrected chi connectivity index (χ3v) is 3.10. The van der Waals surface area contributed by atoms with Gasteiger partial charge in [0.05, 0.1) is 0 Å². The Kier molecular flexibility index (Phi) is 3.45. The molecule has 0 aromatic heterocycles. The molecule has 1 atom stereocenters. The van der Waals surface area contributed by atoms with E-state index in [0.717, 1.165) is 24.9 Å². The van der Waals surface area contributed by atoms with Gasteiger partial charge in [-0.15, -0.1) is 0 Å². The Balaban J connectivity index is 2.32. The second-order valence-electron chi connectivity index (χ2n) is 4.54. The predicted octanol–water partition coefficient (Wildman–Crippen LogP) is 1.22. The first kappa shape index (κ1) is 12.1. The molecule has 0 aliphatic carbocycles. The largest absolute Gasteiger partial charge is 0.384 e. The van der Waals surface area contributed by atoms with Crippen molar-refractivity contribution in [1.29, 1.82) is 0 Å². The Morgan fingerprint density at radius 1 is 1.47 bits per heavy atom. The van der Waals surface area contributed by atoms with E-state index in [1.54, 1.807) is 0 Å². The Morgan fingerprint density at radius 2 is 2.24 bits per heavy atom. The maximum atomic E-state index is 11.1. The summed E-state index contributed by atoms with van der Waals surface area (Å²) in [5.74, 6) is -0.121. The molecule has 17 heavy (non-hydrogen) atoms. The summed E-state index contributed by atoms with van der Waals surface area (Å²) in [5.41, 5.74) is 0.616. The molecule has 92 valence electrons. The molecule has 4 heteroatoms. The summed E-state index contributed by atoms with van der Waals surface area (Å²) in [6, 6.07) is 7.43. The van der Waals surface area contributed by atoms with Crippen molar-refractivity contribution in [2.24, 2.45) is 0 Å². The lowest BCUT2D eigenvalue weighted by Crippen LogP contribution is -2.43. The van der Waals surface area contributed by atoms with Crippen molar-refractivity contribution in [3.05, 3.63) is 29.8 Å². The molecule has 0 spiro atoms. The minimum Gasteiger partial charge on any atom is -0.384 e. The fourth-order valence-electron chi connectivity index (χ4n) is 2.31. The zero-order valence-electron chi connectivity index (χ0n) is 9.99. The van der Waals surface area contributed by atoms with Gasteiger partial charge < -0.3 is 15.7 Å². The zero-order chi connectivity index (χ0) is 12.3. The van der Waals surface area contributed by atoms with E-state index in [9.17, 15) is 9.90 Å². The van der Waals surface area contributed by atoms with Gasteiger partial charge in [0.15, 0.2) is 0 Å². The van der Waals surface area contributed by atoms with E-state index in [1.165, 1.54) is 6.92 Å². The van der Waals surface area contributed by atoms with Crippen LogP contribution >= 0.6 is 0 Å². The number of nitrogens with one attached hydrogen (secondary N) is 2. The second-order valence-corrected chi connectivity index (χ2v) is 4.54. The Labute approximate surface area is 101 Å². The van der Waals surface area contributed by atoms with Gasteiger partial charge in [-0.25, -0.2) is 0 Å². The number of amides is 1. The van der Waals surface area contributed by atoms with Crippen molar-refractivity contribution in [1.82, 2.24) is 5.32 Å². The van der Waals surface area contributed by atoms with Gasteiger partial charge in [-0.3, -0.25) is 4.79 Å². The summed E-state index contributed by atoms with van der Waals surface area (Å²) in [4.78, 5) is 11.1. The second kappa shape index (κ2) is 4.85. The predicted molar refractivity (Wildman–Crippen MR) is 66.7 cm³/mol. The third-order valence-electron chi connectivity index (χ3n) is 3.10. The number of hydrogen-bond acceptors (Lipinski definition) is 3. The molecule has 1 aliphatic heterocycles. The van der Waals surface area contributed by atoms with Gasteiger partial charge in [0, 0.05) is 24.7 Å². The monoisotopic (exact) mass is 234 g/mol. The highest BCUT2D eigenvalue weighted by Gasteiger charge is 2.33. The molecule has 2 rings (SSSR count). The zero-order valence-corrected chi connectivity index (χ0v) is 9.99. The van der Waals surface area contributed by atoms with Crippen LogP contribution in [0.2, 0.25) is 0 Å². The number of aliphatic hydroxyl groups is 1. The molecule has 1 saturated heterocycles. The van der Waals surface area contributed by atoms with Crippen LogP contribution in [0.5, 0.6) is 0 Å². The minimum absolute atomic E-state index is 0.121. The van der Waals surface area contributed by atoms with Gasteiger partial charge in [-0.1, -0.05) is 18.2 Å². The molecule has 1 aliphatic rings. The van der Waals surface area contributed by atoms with Crippen molar-refractivity contribution in [3.63, 3.8) is 0 Å². The number of piperidine rings is 1. The van der Waals surface area contributed by atoms with Crippen LogP contribution in [0, 0.1) is 0 Å². The van der Waals surface area contributed by atoms with Crippen molar-refractivity contribution in [2.75, 3.05) is 18.4 Å². The van der Waals surface area contributed by atoms with Gasteiger partial charge in [0.25, 0.3) is 0 Å². The quantitative estimate of drug-likeness (QED) is 0.721. The van der Waals surface area contributed by atoms with Crippen LogP contribution in [0.3, 0.4) is 0 Å². The van der Waals surface area contributed by atoms with Gasteiger partial charge in [-0.2, -0.15) is 0 Å². The average molecular weight is 234 g/mol. The molecule has 0 bridgehead atoms. The summed E-state index contributed by atoms with van der Waals surface area (Å²) in [6.07, 6.45) is 1.65. The molecular weight excluding hydrogens is 216 g/mol. The Morgan fingerprint density at radius 3 is 2.88 bits per heavy atom. The lowest BCUT2D eigenvalue weighted by atomic mass is 9.85.